The predicted molar refractivity (Wildman–Crippen MR) is 63.1 cm³/mol. The number of sulfonamides is 1. The highest BCUT2D eigenvalue weighted by Gasteiger charge is 2.21. The minimum Gasteiger partial charge on any atom is -0.248 e. The fraction of sp³-hybridized carbons (Fsp3) is 0.200. The SMILES string of the molecule is Cc1cc(F)cc(C)c1S(=O)(=O)Nc1ncn[nH]1. The molecule has 0 aliphatic carbocycles. The van der Waals surface area contributed by atoms with E-state index in [4.69, 9.17) is 0 Å². The molecule has 0 fully saturated rings. The zero-order valence-electron chi connectivity index (χ0n) is 9.73. The second-order valence-electron chi connectivity index (χ2n) is 3.81. The number of aromatic amines is 1. The summed E-state index contributed by atoms with van der Waals surface area (Å²) in [5, 5.41) is 5.92. The zero-order chi connectivity index (χ0) is 13.3. The van der Waals surface area contributed by atoms with Gasteiger partial charge in [-0.05, 0) is 37.1 Å². The van der Waals surface area contributed by atoms with Gasteiger partial charge in [0.25, 0.3) is 10.0 Å². The van der Waals surface area contributed by atoms with Gasteiger partial charge in [0, 0.05) is 0 Å². The molecule has 0 radical (unpaired) electrons. The highest BCUT2D eigenvalue weighted by atomic mass is 32.2. The molecule has 0 bridgehead atoms. The van der Waals surface area contributed by atoms with Gasteiger partial charge in [0.15, 0.2) is 0 Å². The Balaban J connectivity index is 2.48. The summed E-state index contributed by atoms with van der Waals surface area (Å²) in [7, 11) is -3.81. The summed E-state index contributed by atoms with van der Waals surface area (Å²) in [6, 6.07) is 2.34. The Morgan fingerprint density at radius 3 is 2.39 bits per heavy atom. The molecule has 0 amide bonds. The summed E-state index contributed by atoms with van der Waals surface area (Å²) < 4.78 is 39.6. The second kappa shape index (κ2) is 4.37. The van der Waals surface area contributed by atoms with Crippen molar-refractivity contribution in [3.8, 4) is 0 Å². The highest BCUT2D eigenvalue weighted by molar-refractivity contribution is 7.92. The number of aromatic nitrogens is 3. The van der Waals surface area contributed by atoms with Gasteiger partial charge in [-0.3, -0.25) is 0 Å². The van der Waals surface area contributed by atoms with Crippen LogP contribution in [0.3, 0.4) is 0 Å². The third-order valence-electron chi connectivity index (χ3n) is 2.34. The first-order valence-electron chi connectivity index (χ1n) is 5.05. The van der Waals surface area contributed by atoms with Crippen LogP contribution in [0.1, 0.15) is 11.1 Å². The Morgan fingerprint density at radius 1 is 1.28 bits per heavy atom. The normalized spacial score (nSPS) is 11.5. The molecule has 2 aromatic rings. The van der Waals surface area contributed by atoms with E-state index in [2.05, 4.69) is 19.9 Å². The van der Waals surface area contributed by atoms with Gasteiger partial charge in [0.2, 0.25) is 5.95 Å². The molecule has 1 aromatic heterocycles. The molecule has 0 spiro atoms. The van der Waals surface area contributed by atoms with Gasteiger partial charge >= 0.3 is 0 Å². The maximum absolute atomic E-state index is 13.1. The number of benzene rings is 1. The average molecular weight is 270 g/mol. The molecule has 0 atom stereocenters. The first-order valence-corrected chi connectivity index (χ1v) is 6.53. The van der Waals surface area contributed by atoms with Crippen LogP contribution in [0.2, 0.25) is 0 Å². The number of nitrogens with one attached hydrogen (secondary N) is 2. The molecule has 0 aliphatic rings. The summed E-state index contributed by atoms with van der Waals surface area (Å²) >= 11 is 0. The van der Waals surface area contributed by atoms with Crippen LogP contribution in [0, 0.1) is 19.7 Å². The molecule has 0 saturated heterocycles. The minimum absolute atomic E-state index is 0.0122. The van der Waals surface area contributed by atoms with Crippen LogP contribution in [0.5, 0.6) is 0 Å². The van der Waals surface area contributed by atoms with Gasteiger partial charge in [-0.1, -0.05) is 0 Å². The minimum atomic E-state index is -3.81. The van der Waals surface area contributed by atoms with E-state index in [-0.39, 0.29) is 10.8 Å². The molecule has 0 aliphatic heterocycles. The van der Waals surface area contributed by atoms with Crippen molar-refractivity contribution < 1.29 is 12.8 Å². The summed E-state index contributed by atoms with van der Waals surface area (Å²) in [5.74, 6) is -0.457. The lowest BCUT2D eigenvalue weighted by Crippen LogP contribution is -2.16. The number of aryl methyl sites for hydroxylation is 2. The molecule has 6 nitrogen and oxygen atoms in total. The van der Waals surface area contributed by atoms with Gasteiger partial charge in [-0.15, -0.1) is 0 Å². The molecule has 2 N–H and O–H groups in total. The molecule has 1 aromatic carbocycles. The fourth-order valence-corrected chi connectivity index (χ4v) is 3.17. The maximum Gasteiger partial charge on any atom is 0.264 e. The Hall–Kier alpha value is -1.96. The van der Waals surface area contributed by atoms with Gasteiger partial charge in [-0.25, -0.2) is 22.6 Å². The van der Waals surface area contributed by atoms with Crippen LogP contribution < -0.4 is 4.72 Å². The van der Waals surface area contributed by atoms with E-state index < -0.39 is 15.8 Å². The molecular formula is C10H11FN4O2S. The Bertz CT molecular complexity index is 644. The lowest BCUT2D eigenvalue weighted by Gasteiger charge is -2.11. The van der Waals surface area contributed by atoms with E-state index >= 15 is 0 Å². The summed E-state index contributed by atoms with van der Waals surface area (Å²) in [6.07, 6.45) is 1.18. The molecule has 1 heterocycles. The van der Waals surface area contributed by atoms with Crippen LogP contribution in [0.15, 0.2) is 23.4 Å². The fourth-order valence-electron chi connectivity index (χ4n) is 1.75. The van der Waals surface area contributed by atoms with E-state index in [1.165, 1.54) is 32.3 Å². The Labute approximate surface area is 103 Å². The van der Waals surface area contributed by atoms with Crippen LogP contribution in [0.4, 0.5) is 10.3 Å². The van der Waals surface area contributed by atoms with Crippen molar-refractivity contribution in [2.45, 2.75) is 18.7 Å². The molecule has 8 heteroatoms. The standard InChI is InChI=1S/C10H11FN4O2S/c1-6-3-8(11)4-7(2)9(6)18(16,17)15-10-12-5-13-14-10/h3-5H,1-2H3,(H2,12,13,14,15). The van der Waals surface area contributed by atoms with Crippen molar-refractivity contribution in [1.29, 1.82) is 0 Å². The van der Waals surface area contributed by atoms with E-state index in [1.54, 1.807) is 0 Å². The van der Waals surface area contributed by atoms with Crippen LogP contribution >= 0.6 is 0 Å². The summed E-state index contributed by atoms with van der Waals surface area (Å²) in [5.41, 5.74) is 0.666. The molecule has 0 unspecified atom stereocenters. The molecule has 18 heavy (non-hydrogen) atoms. The van der Waals surface area contributed by atoms with Crippen molar-refractivity contribution in [1.82, 2.24) is 15.2 Å². The van der Waals surface area contributed by atoms with E-state index in [1.807, 2.05) is 0 Å². The number of anilines is 1. The summed E-state index contributed by atoms with van der Waals surface area (Å²) in [6.45, 7) is 3.07. The van der Waals surface area contributed by atoms with Crippen molar-refractivity contribution >= 4 is 16.0 Å². The quantitative estimate of drug-likeness (QED) is 0.881. The number of hydrogen-bond acceptors (Lipinski definition) is 4. The molecule has 2 rings (SSSR count). The topological polar surface area (TPSA) is 87.7 Å². The average Bonchev–Trinajstić information content (AvgIpc) is 2.66. The Kier molecular flexibility index (Phi) is 3.04. The van der Waals surface area contributed by atoms with E-state index in [0.717, 1.165) is 0 Å². The summed E-state index contributed by atoms with van der Waals surface area (Å²) in [4.78, 5) is 3.71. The van der Waals surface area contributed by atoms with E-state index in [9.17, 15) is 12.8 Å². The largest absolute Gasteiger partial charge is 0.264 e. The van der Waals surface area contributed by atoms with Crippen molar-refractivity contribution in [3.63, 3.8) is 0 Å². The zero-order valence-corrected chi connectivity index (χ0v) is 10.5. The molecule has 96 valence electrons. The van der Waals surface area contributed by atoms with Crippen LogP contribution in [-0.4, -0.2) is 23.6 Å². The third-order valence-corrected chi connectivity index (χ3v) is 3.98. The molecular weight excluding hydrogens is 259 g/mol. The predicted octanol–water partition coefficient (Wildman–Crippen LogP) is 1.36. The number of hydrogen-bond donors (Lipinski definition) is 2. The van der Waals surface area contributed by atoms with Crippen molar-refractivity contribution in [2.75, 3.05) is 4.72 Å². The van der Waals surface area contributed by atoms with E-state index in [0.29, 0.717) is 11.1 Å². The molecule has 0 saturated carbocycles. The van der Waals surface area contributed by atoms with Crippen molar-refractivity contribution in [2.24, 2.45) is 0 Å². The van der Waals surface area contributed by atoms with Gasteiger partial charge < -0.3 is 0 Å². The number of rotatable bonds is 3. The highest BCUT2D eigenvalue weighted by Crippen LogP contribution is 2.22. The maximum atomic E-state index is 13.1. The van der Waals surface area contributed by atoms with Crippen LogP contribution in [0.25, 0.3) is 0 Å². The Morgan fingerprint density at radius 2 is 1.89 bits per heavy atom. The van der Waals surface area contributed by atoms with Gasteiger partial charge in [-0.2, -0.15) is 10.1 Å². The van der Waals surface area contributed by atoms with Crippen molar-refractivity contribution in [3.05, 3.63) is 35.4 Å². The second-order valence-corrected chi connectivity index (χ2v) is 5.43. The number of H-pyrrole nitrogens is 1. The first-order chi connectivity index (χ1) is 8.40. The number of nitrogens with zero attached hydrogens (tertiary/aromatic N) is 2. The smallest absolute Gasteiger partial charge is 0.248 e. The van der Waals surface area contributed by atoms with Crippen LogP contribution in [-0.2, 0) is 10.0 Å². The van der Waals surface area contributed by atoms with Gasteiger partial charge in [0.1, 0.15) is 12.1 Å². The third kappa shape index (κ3) is 2.33. The first kappa shape index (κ1) is 12.5. The monoisotopic (exact) mass is 270 g/mol. The lowest BCUT2D eigenvalue weighted by molar-refractivity contribution is 0.597. The van der Waals surface area contributed by atoms with Gasteiger partial charge in [0.05, 0.1) is 4.90 Å². The number of halogens is 1. The lowest BCUT2D eigenvalue weighted by atomic mass is 10.1.